The number of carboxylic acids is 1. The summed E-state index contributed by atoms with van der Waals surface area (Å²) >= 11 is 0. The van der Waals surface area contributed by atoms with Crippen molar-refractivity contribution in [1.29, 1.82) is 0 Å². The number of nitrogens with one attached hydrogen (secondary N) is 5. The van der Waals surface area contributed by atoms with E-state index in [-0.39, 0.29) is 31.3 Å². The molecule has 1 heterocycles. The van der Waals surface area contributed by atoms with Gasteiger partial charge < -0.3 is 45.9 Å². The topological polar surface area (TPSA) is 228 Å². The van der Waals surface area contributed by atoms with E-state index in [9.17, 15) is 38.7 Å². The van der Waals surface area contributed by atoms with Gasteiger partial charge in [-0.15, -0.1) is 0 Å². The monoisotopic (exact) mass is 731 g/mol. The van der Waals surface area contributed by atoms with E-state index in [0.29, 0.717) is 44.5 Å². The summed E-state index contributed by atoms with van der Waals surface area (Å²) in [6.07, 6.45) is 3.55. The molecule has 0 radical (unpaired) electrons. The number of carboxylic acid groups (broad SMARTS) is 1. The minimum atomic E-state index is -1.38. The predicted molar refractivity (Wildman–Crippen MR) is 186 cm³/mol. The Bertz CT molecular complexity index is 1360. The fourth-order valence-corrected chi connectivity index (χ4v) is 6.01. The van der Waals surface area contributed by atoms with Gasteiger partial charge in [0.15, 0.2) is 12.3 Å². The number of aliphatic carboxylic acids is 1. The molecule has 0 aromatic heterocycles. The van der Waals surface area contributed by atoms with Crippen molar-refractivity contribution < 1.29 is 52.9 Å². The van der Waals surface area contributed by atoms with E-state index in [1.54, 1.807) is 25.1 Å². The summed E-state index contributed by atoms with van der Waals surface area (Å²) in [5.74, 6) is -5.87. The molecule has 2 aliphatic rings. The zero-order chi connectivity index (χ0) is 38.0. The van der Waals surface area contributed by atoms with E-state index in [1.165, 1.54) is 12.1 Å². The highest BCUT2D eigenvalue weighted by Crippen LogP contribution is 2.27. The number of carbonyl (C=O) groups excluding carboxylic acids is 6. The van der Waals surface area contributed by atoms with Crippen LogP contribution in [-0.2, 0) is 43.0 Å². The number of Topliss-reactive ketones (excluding diaryl/α,β-unsaturated/α-hetero) is 1. The van der Waals surface area contributed by atoms with Gasteiger partial charge in [0.1, 0.15) is 12.1 Å². The van der Waals surface area contributed by atoms with Gasteiger partial charge in [-0.2, -0.15) is 0 Å². The Morgan fingerprint density at radius 2 is 1.50 bits per heavy atom. The summed E-state index contributed by atoms with van der Waals surface area (Å²) in [5, 5.41) is 22.1. The second-order valence-electron chi connectivity index (χ2n) is 13.5. The van der Waals surface area contributed by atoms with E-state index < -0.39 is 78.5 Å². The Labute approximate surface area is 303 Å². The lowest BCUT2D eigenvalue weighted by atomic mass is 9.83. The summed E-state index contributed by atoms with van der Waals surface area (Å²) in [7, 11) is 0. The molecule has 1 saturated heterocycles. The molecular formula is C36H53N5O11. The second-order valence-corrected chi connectivity index (χ2v) is 13.5. The van der Waals surface area contributed by atoms with Crippen LogP contribution in [0.5, 0.6) is 0 Å². The number of alkyl carbamates (subject to hydrolysis) is 1. The van der Waals surface area contributed by atoms with Crippen molar-refractivity contribution in [2.24, 2.45) is 11.8 Å². The molecule has 6 N–H and O–H groups in total. The molecule has 1 aromatic carbocycles. The highest BCUT2D eigenvalue weighted by molar-refractivity contribution is 6.38. The van der Waals surface area contributed by atoms with E-state index in [4.69, 9.17) is 14.2 Å². The third-order valence-corrected chi connectivity index (χ3v) is 8.71. The van der Waals surface area contributed by atoms with Crippen molar-refractivity contribution >= 4 is 41.5 Å². The lowest BCUT2D eigenvalue weighted by Gasteiger charge is -2.32. The maximum atomic E-state index is 13.8. The number of benzene rings is 1. The fourth-order valence-electron chi connectivity index (χ4n) is 6.01. The van der Waals surface area contributed by atoms with Crippen LogP contribution < -0.4 is 26.6 Å². The summed E-state index contributed by atoms with van der Waals surface area (Å²) in [6, 6.07) is 3.00. The summed E-state index contributed by atoms with van der Waals surface area (Å²) in [6.45, 7) is 5.74. The Morgan fingerprint density at radius 1 is 0.846 bits per heavy atom. The van der Waals surface area contributed by atoms with Gasteiger partial charge in [0, 0.05) is 6.42 Å². The molecule has 0 spiro atoms. The standard InChI is InChI=1S/C36H53N5O11/c1-4-12-25(31(43)34(46)37-20-27(42)40-30(35(47)48)24-15-9-6-10-16-24)38-32(44)26(19-28-50-17-11-18-51-28)39-33(45)29(23-13-7-5-8-14-23)41-36(49)52-21-22(2)3/h6,9-10,15-16,22-23,25-26,28-30H,4-5,7-8,11-14,17-21H2,1-3H3,(H,37,46)(H,38,44)(H,39,45)(H,40,42)(H,41,49)(H,47,48)/t25?,26-,29?,30?/m0/s1. The Kier molecular flexibility index (Phi) is 17.5. The van der Waals surface area contributed by atoms with E-state index in [1.807, 2.05) is 13.8 Å². The zero-order valence-electron chi connectivity index (χ0n) is 30.2. The van der Waals surface area contributed by atoms with Crippen LogP contribution in [0, 0.1) is 11.8 Å². The van der Waals surface area contributed by atoms with Crippen LogP contribution in [0.15, 0.2) is 30.3 Å². The molecule has 1 aromatic rings. The lowest BCUT2D eigenvalue weighted by Crippen LogP contribution is -2.59. The maximum absolute atomic E-state index is 13.8. The molecule has 3 rings (SSSR count). The van der Waals surface area contributed by atoms with Crippen molar-refractivity contribution in [3.05, 3.63) is 35.9 Å². The van der Waals surface area contributed by atoms with Gasteiger partial charge >= 0.3 is 12.1 Å². The largest absolute Gasteiger partial charge is 0.479 e. The average molecular weight is 732 g/mol. The van der Waals surface area contributed by atoms with Gasteiger partial charge in [-0.25, -0.2) is 9.59 Å². The highest BCUT2D eigenvalue weighted by atomic mass is 16.7. The first-order chi connectivity index (χ1) is 24.9. The molecule has 1 aliphatic carbocycles. The first-order valence-electron chi connectivity index (χ1n) is 18.1. The van der Waals surface area contributed by atoms with Gasteiger partial charge in [0.25, 0.3) is 5.91 Å². The predicted octanol–water partition coefficient (Wildman–Crippen LogP) is 1.87. The van der Waals surface area contributed by atoms with E-state index in [2.05, 4.69) is 26.6 Å². The molecule has 2 fully saturated rings. The number of rotatable bonds is 19. The molecular weight excluding hydrogens is 678 g/mol. The van der Waals surface area contributed by atoms with Crippen LogP contribution in [0.4, 0.5) is 4.79 Å². The molecule has 52 heavy (non-hydrogen) atoms. The number of carbonyl (C=O) groups is 7. The Morgan fingerprint density at radius 3 is 2.12 bits per heavy atom. The van der Waals surface area contributed by atoms with Crippen molar-refractivity contribution in [3.63, 3.8) is 0 Å². The normalized spacial score (nSPS) is 17.5. The second kappa shape index (κ2) is 21.7. The van der Waals surface area contributed by atoms with Crippen LogP contribution in [0.25, 0.3) is 0 Å². The first-order valence-corrected chi connectivity index (χ1v) is 18.1. The van der Waals surface area contributed by atoms with Crippen LogP contribution in [0.3, 0.4) is 0 Å². The molecule has 5 amide bonds. The fraction of sp³-hybridized carbons (Fsp3) is 0.639. The summed E-state index contributed by atoms with van der Waals surface area (Å²) in [5.41, 5.74) is 0.314. The number of ketones is 1. The molecule has 288 valence electrons. The molecule has 3 unspecified atom stereocenters. The van der Waals surface area contributed by atoms with E-state index >= 15 is 0 Å². The van der Waals surface area contributed by atoms with Gasteiger partial charge in [0.05, 0.1) is 32.4 Å². The zero-order valence-corrected chi connectivity index (χ0v) is 30.2. The molecule has 4 atom stereocenters. The summed E-state index contributed by atoms with van der Waals surface area (Å²) in [4.78, 5) is 90.8. The smallest absolute Gasteiger partial charge is 0.407 e. The third kappa shape index (κ3) is 13.9. The van der Waals surface area contributed by atoms with Crippen molar-refractivity contribution in [1.82, 2.24) is 26.6 Å². The van der Waals surface area contributed by atoms with Gasteiger partial charge in [0.2, 0.25) is 23.5 Å². The van der Waals surface area contributed by atoms with Crippen LogP contribution in [0.2, 0.25) is 0 Å². The lowest BCUT2D eigenvalue weighted by molar-refractivity contribution is -0.185. The number of hydrogen-bond donors (Lipinski definition) is 6. The number of ether oxygens (including phenoxy) is 3. The van der Waals surface area contributed by atoms with Gasteiger partial charge in [-0.3, -0.25) is 24.0 Å². The Balaban J connectivity index is 1.70. The maximum Gasteiger partial charge on any atom is 0.407 e. The van der Waals surface area contributed by atoms with Crippen LogP contribution in [0.1, 0.15) is 90.2 Å². The summed E-state index contributed by atoms with van der Waals surface area (Å²) < 4.78 is 16.6. The highest BCUT2D eigenvalue weighted by Gasteiger charge is 2.37. The Hall–Kier alpha value is -4.57. The molecule has 16 heteroatoms. The molecule has 1 saturated carbocycles. The van der Waals surface area contributed by atoms with Crippen molar-refractivity contribution in [2.45, 2.75) is 109 Å². The van der Waals surface area contributed by atoms with Crippen molar-refractivity contribution in [3.8, 4) is 0 Å². The van der Waals surface area contributed by atoms with E-state index in [0.717, 1.165) is 19.3 Å². The molecule has 1 aliphatic heterocycles. The van der Waals surface area contributed by atoms with Gasteiger partial charge in [-0.05, 0) is 43.1 Å². The quantitative estimate of drug-likeness (QED) is 0.113. The van der Waals surface area contributed by atoms with Crippen LogP contribution >= 0.6 is 0 Å². The van der Waals surface area contributed by atoms with Crippen LogP contribution in [-0.4, -0.2) is 97.4 Å². The minimum Gasteiger partial charge on any atom is -0.479 e. The van der Waals surface area contributed by atoms with Gasteiger partial charge in [-0.1, -0.05) is 76.8 Å². The first kappa shape index (κ1) is 41.8. The molecule has 0 bridgehead atoms. The van der Waals surface area contributed by atoms with Crippen molar-refractivity contribution in [2.75, 3.05) is 26.4 Å². The SMILES string of the molecule is CCCC(NC(=O)[C@H](CC1OCCCO1)NC(=O)C(NC(=O)OCC(C)C)C1CCCCC1)C(=O)C(=O)NCC(=O)NC(C(=O)O)c1ccccc1. The number of hydrogen-bond acceptors (Lipinski definition) is 10. The molecule has 16 nitrogen and oxygen atoms in total. The third-order valence-electron chi connectivity index (χ3n) is 8.71. The average Bonchev–Trinajstić information content (AvgIpc) is 3.14. The minimum absolute atomic E-state index is 0.0598. The number of amides is 5.